The van der Waals surface area contributed by atoms with Crippen LogP contribution in [0.15, 0.2) is 12.3 Å². The molecule has 2 N–H and O–H groups in total. The minimum atomic E-state index is -1.39. The van der Waals surface area contributed by atoms with E-state index in [4.69, 9.17) is 27.9 Å². The van der Waals surface area contributed by atoms with Gasteiger partial charge in [0.1, 0.15) is 5.65 Å². The molecular weight excluding hydrogens is 387 g/mol. The van der Waals surface area contributed by atoms with Crippen molar-refractivity contribution in [1.29, 1.82) is 0 Å². The van der Waals surface area contributed by atoms with E-state index in [9.17, 15) is 13.9 Å². The van der Waals surface area contributed by atoms with Gasteiger partial charge in [-0.15, -0.1) is 0 Å². The van der Waals surface area contributed by atoms with E-state index in [1.165, 1.54) is 18.1 Å². The Balaban J connectivity index is 2.27. The number of hydrogen-bond donors (Lipinski definition) is 2. The molecule has 2 aromatic heterocycles. The van der Waals surface area contributed by atoms with Gasteiger partial charge in [-0.1, -0.05) is 23.2 Å². The number of pyridine rings is 1. The lowest BCUT2D eigenvalue weighted by Gasteiger charge is -2.31. The van der Waals surface area contributed by atoms with Crippen LogP contribution >= 0.6 is 23.2 Å². The summed E-state index contributed by atoms with van der Waals surface area (Å²) in [6.07, 6.45) is -0.0712. The van der Waals surface area contributed by atoms with E-state index in [-0.39, 0.29) is 37.7 Å². The Hall–Kier alpha value is -1.67. The average molecular weight is 404 g/mol. The summed E-state index contributed by atoms with van der Waals surface area (Å²) in [5, 5.41) is 10.6. The Labute approximate surface area is 158 Å². The van der Waals surface area contributed by atoms with E-state index in [2.05, 4.69) is 9.97 Å². The maximum absolute atomic E-state index is 14.6. The predicted molar refractivity (Wildman–Crippen MR) is 98.8 cm³/mol. The normalized spacial score (nSPS) is 13.6. The number of aliphatic hydroxyl groups is 1. The van der Waals surface area contributed by atoms with Gasteiger partial charge < -0.3 is 19.7 Å². The number of anilines is 1. The fraction of sp³-hybridized carbons (Fsp3) is 0.353. The van der Waals surface area contributed by atoms with Crippen LogP contribution in [-0.2, 0) is 4.74 Å². The number of nitrogens with one attached hydrogen (secondary N) is 1. The standard InChI is InChI=1S/C17H17Cl2F2N3O2/c1-17(2,3)26-16(25)24(4)9-5-8(20)13(21)11-10-12(19)7(18)6-22-15(10)23-14(9)11/h5-6,16,25H,1-4H3,(H,22,23). The van der Waals surface area contributed by atoms with Crippen LogP contribution in [0.3, 0.4) is 0 Å². The quantitative estimate of drug-likeness (QED) is 0.614. The van der Waals surface area contributed by atoms with Crippen LogP contribution in [-0.4, -0.2) is 34.1 Å². The summed E-state index contributed by atoms with van der Waals surface area (Å²) in [6, 6.07) is 0.970. The van der Waals surface area contributed by atoms with E-state index >= 15 is 0 Å². The van der Waals surface area contributed by atoms with E-state index in [1.807, 2.05) is 0 Å². The highest BCUT2D eigenvalue weighted by molar-refractivity contribution is 6.46. The molecular formula is C17H17Cl2F2N3O2. The molecule has 140 valence electrons. The highest BCUT2D eigenvalue weighted by Gasteiger charge is 2.26. The summed E-state index contributed by atoms with van der Waals surface area (Å²) in [5.41, 5.74) is -0.000231. The van der Waals surface area contributed by atoms with Gasteiger partial charge in [0.05, 0.1) is 32.2 Å². The fourth-order valence-electron chi connectivity index (χ4n) is 2.67. The second-order valence-corrected chi connectivity index (χ2v) is 7.66. The largest absolute Gasteiger partial charge is 0.351 e. The molecule has 0 amide bonds. The number of aromatic amines is 1. The smallest absolute Gasteiger partial charge is 0.238 e. The van der Waals surface area contributed by atoms with Crippen LogP contribution in [0.5, 0.6) is 0 Å². The lowest BCUT2D eigenvalue weighted by molar-refractivity contribution is -0.162. The number of halogens is 4. The molecule has 0 bridgehead atoms. The number of hydrogen-bond acceptors (Lipinski definition) is 4. The third-order valence-electron chi connectivity index (χ3n) is 3.84. The summed E-state index contributed by atoms with van der Waals surface area (Å²) in [7, 11) is 1.50. The van der Waals surface area contributed by atoms with E-state index in [0.29, 0.717) is 0 Å². The highest BCUT2D eigenvalue weighted by Crippen LogP contribution is 2.40. The number of H-pyrrole nitrogens is 1. The van der Waals surface area contributed by atoms with Crippen LogP contribution in [0.4, 0.5) is 14.5 Å². The van der Waals surface area contributed by atoms with Crippen molar-refractivity contribution >= 4 is 50.8 Å². The molecule has 26 heavy (non-hydrogen) atoms. The van der Waals surface area contributed by atoms with Crippen molar-refractivity contribution in [3.05, 3.63) is 33.9 Å². The van der Waals surface area contributed by atoms with Crippen molar-refractivity contribution in [1.82, 2.24) is 9.97 Å². The van der Waals surface area contributed by atoms with Crippen LogP contribution in [0.2, 0.25) is 10.0 Å². The first kappa shape index (κ1) is 19.1. The summed E-state index contributed by atoms with van der Waals surface area (Å²) in [4.78, 5) is 8.27. The second kappa shape index (κ2) is 6.49. The number of aliphatic hydroxyl groups excluding tert-OH is 1. The van der Waals surface area contributed by atoms with Crippen LogP contribution < -0.4 is 4.90 Å². The summed E-state index contributed by atoms with van der Waals surface area (Å²) in [6.45, 7) is 5.29. The Bertz CT molecular complexity index is 1000. The number of fused-ring (bicyclic) bond motifs is 3. The monoisotopic (exact) mass is 403 g/mol. The molecule has 2 heterocycles. The number of ether oxygens (including phenoxy) is 1. The lowest BCUT2D eigenvalue weighted by Crippen LogP contribution is -2.39. The van der Waals surface area contributed by atoms with Crippen LogP contribution in [0, 0.1) is 11.6 Å². The number of aromatic nitrogens is 2. The molecule has 0 saturated heterocycles. The first-order valence-corrected chi connectivity index (χ1v) is 8.49. The van der Waals surface area contributed by atoms with E-state index in [1.54, 1.807) is 20.8 Å². The van der Waals surface area contributed by atoms with Crippen molar-refractivity contribution in [2.45, 2.75) is 32.8 Å². The zero-order chi connectivity index (χ0) is 19.4. The zero-order valence-electron chi connectivity index (χ0n) is 14.5. The first-order valence-electron chi connectivity index (χ1n) is 7.73. The van der Waals surface area contributed by atoms with E-state index in [0.717, 1.165) is 6.07 Å². The van der Waals surface area contributed by atoms with E-state index < -0.39 is 23.6 Å². The molecule has 0 aliphatic carbocycles. The molecule has 1 unspecified atom stereocenters. The molecule has 1 atom stereocenters. The average Bonchev–Trinajstić information content (AvgIpc) is 2.92. The Morgan fingerprint density at radius 2 is 1.92 bits per heavy atom. The molecule has 0 spiro atoms. The fourth-order valence-corrected chi connectivity index (χ4v) is 3.05. The minimum absolute atomic E-state index is 0.0625. The van der Waals surface area contributed by atoms with Gasteiger partial charge in [-0.25, -0.2) is 13.8 Å². The molecule has 3 aromatic rings. The van der Waals surface area contributed by atoms with Gasteiger partial charge in [0.2, 0.25) is 6.41 Å². The SMILES string of the molecule is CN(c1cc(F)c(F)c2c1[nH]c1ncc(Cl)c(Cl)c12)C(O)OC(C)(C)C. The van der Waals surface area contributed by atoms with Gasteiger partial charge in [0, 0.05) is 24.7 Å². The number of nitrogens with zero attached hydrogens (tertiary/aromatic N) is 2. The highest BCUT2D eigenvalue weighted by atomic mass is 35.5. The Morgan fingerprint density at radius 3 is 2.54 bits per heavy atom. The lowest BCUT2D eigenvalue weighted by atomic mass is 10.1. The maximum Gasteiger partial charge on any atom is 0.238 e. The number of benzene rings is 1. The minimum Gasteiger partial charge on any atom is -0.351 e. The third kappa shape index (κ3) is 3.20. The topological polar surface area (TPSA) is 61.4 Å². The molecule has 0 saturated carbocycles. The maximum atomic E-state index is 14.6. The molecule has 5 nitrogen and oxygen atoms in total. The zero-order valence-corrected chi connectivity index (χ0v) is 16.0. The van der Waals surface area contributed by atoms with Crippen molar-refractivity contribution < 1.29 is 18.6 Å². The molecule has 1 aromatic carbocycles. The Morgan fingerprint density at radius 1 is 1.27 bits per heavy atom. The van der Waals surface area contributed by atoms with Crippen molar-refractivity contribution in [2.75, 3.05) is 11.9 Å². The van der Waals surface area contributed by atoms with Crippen LogP contribution in [0.1, 0.15) is 20.8 Å². The molecule has 3 rings (SSSR count). The second-order valence-electron chi connectivity index (χ2n) is 6.88. The van der Waals surface area contributed by atoms with Crippen molar-refractivity contribution in [3.8, 4) is 0 Å². The van der Waals surface area contributed by atoms with Crippen molar-refractivity contribution in [2.24, 2.45) is 0 Å². The van der Waals surface area contributed by atoms with Gasteiger partial charge in [-0.2, -0.15) is 0 Å². The van der Waals surface area contributed by atoms with Gasteiger partial charge in [-0.05, 0) is 20.8 Å². The van der Waals surface area contributed by atoms with Gasteiger partial charge in [0.15, 0.2) is 11.6 Å². The Kier molecular flexibility index (Phi) is 4.77. The van der Waals surface area contributed by atoms with Gasteiger partial charge in [-0.3, -0.25) is 0 Å². The third-order valence-corrected chi connectivity index (χ3v) is 4.61. The molecule has 9 heteroatoms. The molecule has 0 radical (unpaired) electrons. The molecule has 0 aliphatic heterocycles. The predicted octanol–water partition coefficient (Wildman–Crippen LogP) is 4.83. The summed E-state index contributed by atoms with van der Waals surface area (Å²) < 4.78 is 34.3. The summed E-state index contributed by atoms with van der Waals surface area (Å²) in [5.74, 6) is -2.18. The number of rotatable bonds is 3. The summed E-state index contributed by atoms with van der Waals surface area (Å²) >= 11 is 12.2. The van der Waals surface area contributed by atoms with Gasteiger partial charge in [0.25, 0.3) is 0 Å². The molecule has 0 fully saturated rings. The first-order chi connectivity index (χ1) is 12.0. The van der Waals surface area contributed by atoms with Crippen molar-refractivity contribution in [3.63, 3.8) is 0 Å². The molecule has 0 aliphatic rings. The van der Waals surface area contributed by atoms with Gasteiger partial charge >= 0.3 is 0 Å². The van der Waals surface area contributed by atoms with Crippen LogP contribution in [0.25, 0.3) is 21.9 Å².